The maximum atomic E-state index is 11.6. The van der Waals surface area contributed by atoms with E-state index in [2.05, 4.69) is 45.2 Å². The first kappa shape index (κ1) is 22.8. The third kappa shape index (κ3) is 11.1. The number of hydrogen-bond donors (Lipinski definition) is 3. The molecule has 0 radical (unpaired) electrons. The van der Waals surface area contributed by atoms with Gasteiger partial charge in [-0.1, -0.05) is 24.3 Å². The van der Waals surface area contributed by atoms with Crippen molar-refractivity contribution in [2.24, 2.45) is 4.99 Å². The maximum absolute atomic E-state index is 11.6. The molecule has 7 nitrogen and oxygen atoms in total. The van der Waals surface area contributed by atoms with E-state index < -0.39 is 11.7 Å². The fraction of sp³-hybridized carbons (Fsp3) is 0.600. The standard InChI is InChI=1S/C20H34N4O3/c1-15(2)26-14-17-9-7-16(8-10-17)13-24-18(21-6)22-11-12-23-19(25)27-20(3,4)5/h7-10,15H,11-14H2,1-6H3,(H,23,25)(H2,21,22,24). The Morgan fingerprint density at radius 3 is 2.19 bits per heavy atom. The van der Waals surface area contributed by atoms with E-state index in [4.69, 9.17) is 9.47 Å². The molecule has 152 valence electrons. The van der Waals surface area contributed by atoms with Gasteiger partial charge >= 0.3 is 6.09 Å². The molecule has 1 amide bonds. The number of aliphatic imine (C=N–C) groups is 1. The second-order valence-corrected chi connectivity index (χ2v) is 7.46. The molecule has 0 saturated heterocycles. The summed E-state index contributed by atoms with van der Waals surface area (Å²) in [5, 5.41) is 9.10. The minimum atomic E-state index is -0.494. The van der Waals surface area contributed by atoms with Crippen molar-refractivity contribution >= 4 is 12.1 Å². The highest BCUT2D eigenvalue weighted by molar-refractivity contribution is 5.79. The van der Waals surface area contributed by atoms with E-state index in [1.807, 2.05) is 34.6 Å². The fourth-order valence-corrected chi connectivity index (χ4v) is 2.08. The Morgan fingerprint density at radius 2 is 1.63 bits per heavy atom. The van der Waals surface area contributed by atoms with Crippen molar-refractivity contribution in [2.75, 3.05) is 20.1 Å². The van der Waals surface area contributed by atoms with Crippen molar-refractivity contribution in [3.8, 4) is 0 Å². The van der Waals surface area contributed by atoms with Crippen molar-refractivity contribution in [1.82, 2.24) is 16.0 Å². The minimum Gasteiger partial charge on any atom is -0.444 e. The van der Waals surface area contributed by atoms with Crippen LogP contribution in [0.5, 0.6) is 0 Å². The molecule has 0 saturated carbocycles. The summed E-state index contributed by atoms with van der Waals surface area (Å²) in [5.41, 5.74) is 1.81. The van der Waals surface area contributed by atoms with Gasteiger partial charge in [0, 0.05) is 26.7 Å². The third-order valence-corrected chi connectivity index (χ3v) is 3.38. The maximum Gasteiger partial charge on any atom is 0.407 e. The van der Waals surface area contributed by atoms with Gasteiger partial charge in [-0.15, -0.1) is 0 Å². The predicted octanol–water partition coefficient (Wildman–Crippen LogP) is 2.80. The first-order valence-corrected chi connectivity index (χ1v) is 9.30. The Hall–Kier alpha value is -2.28. The molecule has 0 atom stereocenters. The van der Waals surface area contributed by atoms with Gasteiger partial charge in [0.15, 0.2) is 5.96 Å². The van der Waals surface area contributed by atoms with Gasteiger partial charge in [0.05, 0.1) is 12.7 Å². The van der Waals surface area contributed by atoms with Crippen LogP contribution in [0.1, 0.15) is 45.7 Å². The van der Waals surface area contributed by atoms with Crippen LogP contribution in [0.15, 0.2) is 29.3 Å². The second-order valence-electron chi connectivity index (χ2n) is 7.46. The molecule has 0 aromatic heterocycles. The average Bonchev–Trinajstić information content (AvgIpc) is 2.58. The number of nitrogens with one attached hydrogen (secondary N) is 3. The molecule has 1 rings (SSSR count). The molecular weight excluding hydrogens is 344 g/mol. The lowest BCUT2D eigenvalue weighted by molar-refractivity contribution is 0.0528. The van der Waals surface area contributed by atoms with Gasteiger partial charge in [-0.2, -0.15) is 0 Å². The zero-order valence-electron chi connectivity index (χ0n) is 17.4. The minimum absolute atomic E-state index is 0.227. The van der Waals surface area contributed by atoms with Gasteiger partial charge in [0.2, 0.25) is 0 Å². The fourth-order valence-electron chi connectivity index (χ4n) is 2.08. The summed E-state index contributed by atoms with van der Waals surface area (Å²) in [5.74, 6) is 0.674. The lowest BCUT2D eigenvalue weighted by atomic mass is 10.1. The number of hydrogen-bond acceptors (Lipinski definition) is 4. The summed E-state index contributed by atoms with van der Waals surface area (Å²) in [6, 6.07) is 8.29. The molecule has 1 aromatic carbocycles. The Kier molecular flexibility index (Phi) is 9.64. The van der Waals surface area contributed by atoms with E-state index in [1.165, 1.54) is 0 Å². The van der Waals surface area contributed by atoms with Crippen molar-refractivity contribution in [2.45, 2.75) is 59.5 Å². The molecule has 27 heavy (non-hydrogen) atoms. The van der Waals surface area contributed by atoms with Crippen molar-refractivity contribution < 1.29 is 14.3 Å². The summed E-state index contributed by atoms with van der Waals surface area (Å²) >= 11 is 0. The second kappa shape index (κ2) is 11.4. The molecule has 0 aliphatic rings. The number of amides is 1. The van der Waals surface area contributed by atoms with Crippen LogP contribution in [0.2, 0.25) is 0 Å². The molecule has 0 aliphatic carbocycles. The van der Waals surface area contributed by atoms with Crippen LogP contribution in [-0.2, 0) is 22.6 Å². The van der Waals surface area contributed by atoms with Crippen LogP contribution in [0.4, 0.5) is 4.79 Å². The average molecular weight is 379 g/mol. The molecular formula is C20H34N4O3. The highest BCUT2D eigenvalue weighted by Crippen LogP contribution is 2.07. The van der Waals surface area contributed by atoms with Crippen LogP contribution in [0.25, 0.3) is 0 Å². The van der Waals surface area contributed by atoms with E-state index in [0.29, 0.717) is 32.2 Å². The Bertz CT molecular complexity index is 592. The van der Waals surface area contributed by atoms with Crippen LogP contribution in [-0.4, -0.2) is 43.9 Å². The van der Waals surface area contributed by atoms with Crippen LogP contribution in [0, 0.1) is 0 Å². The third-order valence-electron chi connectivity index (χ3n) is 3.38. The Morgan fingerprint density at radius 1 is 1.04 bits per heavy atom. The first-order chi connectivity index (χ1) is 12.7. The zero-order chi connectivity index (χ0) is 20.3. The summed E-state index contributed by atoms with van der Waals surface area (Å²) in [4.78, 5) is 15.8. The largest absolute Gasteiger partial charge is 0.444 e. The molecule has 7 heteroatoms. The van der Waals surface area contributed by atoms with Gasteiger partial charge < -0.3 is 25.4 Å². The van der Waals surface area contributed by atoms with Crippen molar-refractivity contribution in [1.29, 1.82) is 0 Å². The normalized spacial score (nSPS) is 12.0. The van der Waals surface area contributed by atoms with E-state index in [-0.39, 0.29) is 6.10 Å². The summed E-state index contributed by atoms with van der Waals surface area (Å²) in [7, 11) is 1.71. The van der Waals surface area contributed by atoms with Gasteiger partial charge in [-0.25, -0.2) is 4.79 Å². The highest BCUT2D eigenvalue weighted by Gasteiger charge is 2.15. The Labute approximate surface area is 162 Å². The predicted molar refractivity (Wildman–Crippen MR) is 109 cm³/mol. The molecule has 0 spiro atoms. The van der Waals surface area contributed by atoms with Gasteiger partial charge in [-0.3, -0.25) is 4.99 Å². The molecule has 1 aromatic rings. The lowest BCUT2D eigenvalue weighted by Gasteiger charge is -2.20. The van der Waals surface area contributed by atoms with E-state index in [9.17, 15) is 4.79 Å². The molecule has 3 N–H and O–H groups in total. The lowest BCUT2D eigenvalue weighted by Crippen LogP contribution is -2.42. The number of alkyl carbamates (subject to hydrolysis) is 1. The quantitative estimate of drug-likeness (QED) is 0.368. The van der Waals surface area contributed by atoms with Gasteiger partial charge in [0.25, 0.3) is 0 Å². The molecule has 0 aliphatic heterocycles. The van der Waals surface area contributed by atoms with Crippen LogP contribution in [0.3, 0.4) is 0 Å². The van der Waals surface area contributed by atoms with Gasteiger partial charge in [-0.05, 0) is 45.7 Å². The number of rotatable bonds is 8. The number of carbonyl (C=O) groups is 1. The monoisotopic (exact) mass is 378 g/mol. The Balaban J connectivity index is 2.29. The molecule has 0 heterocycles. The van der Waals surface area contributed by atoms with Crippen molar-refractivity contribution in [3.63, 3.8) is 0 Å². The topological polar surface area (TPSA) is 84.0 Å². The van der Waals surface area contributed by atoms with Gasteiger partial charge in [0.1, 0.15) is 5.60 Å². The van der Waals surface area contributed by atoms with E-state index in [1.54, 1.807) is 7.05 Å². The molecule has 0 fully saturated rings. The summed E-state index contributed by atoms with van der Waals surface area (Å²) in [6.07, 6.45) is -0.195. The molecule has 0 bridgehead atoms. The number of nitrogens with zero attached hydrogens (tertiary/aromatic N) is 1. The highest BCUT2D eigenvalue weighted by atomic mass is 16.6. The smallest absolute Gasteiger partial charge is 0.407 e. The van der Waals surface area contributed by atoms with E-state index in [0.717, 1.165) is 11.1 Å². The number of benzene rings is 1. The number of guanidine groups is 1. The van der Waals surface area contributed by atoms with Crippen molar-refractivity contribution in [3.05, 3.63) is 35.4 Å². The number of carbonyl (C=O) groups excluding carboxylic acids is 1. The zero-order valence-corrected chi connectivity index (χ0v) is 17.4. The summed E-state index contributed by atoms with van der Waals surface area (Å²) in [6.45, 7) is 11.8. The first-order valence-electron chi connectivity index (χ1n) is 9.30. The molecule has 0 unspecified atom stereocenters. The van der Waals surface area contributed by atoms with Crippen LogP contribution >= 0.6 is 0 Å². The summed E-state index contributed by atoms with van der Waals surface area (Å²) < 4.78 is 10.8. The SMILES string of the molecule is CN=C(NCCNC(=O)OC(C)(C)C)NCc1ccc(COC(C)C)cc1. The van der Waals surface area contributed by atoms with E-state index >= 15 is 0 Å². The number of ether oxygens (including phenoxy) is 2. The van der Waals surface area contributed by atoms with Crippen LogP contribution < -0.4 is 16.0 Å².